The molecule has 3 N–H and O–H groups in total. The third-order valence-corrected chi connectivity index (χ3v) is 4.87. The molecule has 1 saturated carbocycles. The minimum atomic E-state index is -0.510. The molecule has 122 valence electrons. The minimum Gasteiger partial charge on any atom is -0.373 e. The van der Waals surface area contributed by atoms with Gasteiger partial charge in [-0.3, -0.25) is 9.69 Å². The van der Waals surface area contributed by atoms with E-state index in [2.05, 4.69) is 31.0 Å². The fourth-order valence-corrected chi connectivity index (χ4v) is 3.91. The molecule has 1 aliphatic carbocycles. The van der Waals surface area contributed by atoms with E-state index < -0.39 is 5.54 Å². The molecule has 1 saturated heterocycles. The maximum atomic E-state index is 12.1. The van der Waals surface area contributed by atoms with Crippen molar-refractivity contribution in [3.63, 3.8) is 0 Å². The fraction of sp³-hybridized carbons (Fsp3) is 0.938. The van der Waals surface area contributed by atoms with Crippen molar-refractivity contribution in [2.24, 2.45) is 5.73 Å². The zero-order valence-electron chi connectivity index (χ0n) is 13.7. The Morgan fingerprint density at radius 3 is 2.62 bits per heavy atom. The Kier molecular flexibility index (Phi) is 5.63. The molecule has 1 heterocycles. The number of amides is 1. The third kappa shape index (κ3) is 3.96. The first kappa shape index (κ1) is 16.7. The SMILES string of the molecule is CCCNC1(C(N)=O)CCCC(N2CC(C)OC(C)C2)C1. The normalized spacial score (nSPS) is 38.3. The highest BCUT2D eigenvalue weighted by Crippen LogP contribution is 2.32. The van der Waals surface area contributed by atoms with Crippen molar-refractivity contribution in [3.8, 4) is 0 Å². The lowest BCUT2D eigenvalue weighted by molar-refractivity contribution is -0.128. The fourth-order valence-electron chi connectivity index (χ4n) is 3.91. The van der Waals surface area contributed by atoms with Gasteiger partial charge in [-0.25, -0.2) is 0 Å². The van der Waals surface area contributed by atoms with Gasteiger partial charge in [-0.15, -0.1) is 0 Å². The standard InChI is InChI=1S/C16H31N3O2/c1-4-8-18-16(15(17)20)7-5-6-14(9-16)19-10-12(2)21-13(3)11-19/h12-14,18H,4-11H2,1-3H3,(H2,17,20). The summed E-state index contributed by atoms with van der Waals surface area (Å²) >= 11 is 0. The molecule has 0 aromatic heterocycles. The van der Waals surface area contributed by atoms with Crippen molar-refractivity contribution in [3.05, 3.63) is 0 Å². The molecule has 0 aromatic carbocycles. The van der Waals surface area contributed by atoms with Gasteiger partial charge in [-0.05, 0) is 52.5 Å². The van der Waals surface area contributed by atoms with Gasteiger partial charge < -0.3 is 15.8 Å². The van der Waals surface area contributed by atoms with E-state index in [9.17, 15) is 4.79 Å². The van der Waals surface area contributed by atoms with Crippen LogP contribution in [0.3, 0.4) is 0 Å². The Morgan fingerprint density at radius 2 is 2.05 bits per heavy atom. The van der Waals surface area contributed by atoms with E-state index in [0.717, 1.165) is 51.7 Å². The van der Waals surface area contributed by atoms with E-state index >= 15 is 0 Å². The van der Waals surface area contributed by atoms with Gasteiger partial charge in [-0.2, -0.15) is 0 Å². The summed E-state index contributed by atoms with van der Waals surface area (Å²) in [5.41, 5.74) is 5.23. The molecular weight excluding hydrogens is 266 g/mol. The van der Waals surface area contributed by atoms with Crippen molar-refractivity contribution >= 4 is 5.91 Å². The number of nitrogens with zero attached hydrogens (tertiary/aromatic N) is 1. The summed E-state index contributed by atoms with van der Waals surface area (Å²) in [4.78, 5) is 14.6. The first-order valence-corrected chi connectivity index (χ1v) is 8.41. The molecule has 2 aliphatic rings. The van der Waals surface area contributed by atoms with Crippen LogP contribution in [0.5, 0.6) is 0 Å². The molecule has 0 bridgehead atoms. The highest BCUT2D eigenvalue weighted by Gasteiger charge is 2.43. The molecule has 1 amide bonds. The largest absolute Gasteiger partial charge is 0.373 e. The predicted octanol–water partition coefficient (Wildman–Crippen LogP) is 1.26. The van der Waals surface area contributed by atoms with Crippen LogP contribution in [0, 0.1) is 0 Å². The van der Waals surface area contributed by atoms with Gasteiger partial charge in [0.1, 0.15) is 0 Å². The van der Waals surface area contributed by atoms with Crippen LogP contribution >= 0.6 is 0 Å². The topological polar surface area (TPSA) is 67.6 Å². The molecule has 2 fully saturated rings. The lowest BCUT2D eigenvalue weighted by Gasteiger charge is -2.46. The highest BCUT2D eigenvalue weighted by atomic mass is 16.5. The zero-order valence-corrected chi connectivity index (χ0v) is 13.7. The molecule has 5 heteroatoms. The first-order valence-electron chi connectivity index (χ1n) is 8.41. The van der Waals surface area contributed by atoms with Crippen LogP contribution in [-0.4, -0.2) is 54.2 Å². The maximum absolute atomic E-state index is 12.1. The number of rotatable bonds is 5. The summed E-state index contributed by atoms with van der Waals surface area (Å²) in [7, 11) is 0. The number of carbonyl (C=O) groups excluding carboxylic acids is 1. The van der Waals surface area contributed by atoms with Gasteiger partial charge in [0.25, 0.3) is 0 Å². The lowest BCUT2D eigenvalue weighted by atomic mass is 9.77. The van der Waals surface area contributed by atoms with Crippen molar-refractivity contribution in [1.82, 2.24) is 10.2 Å². The van der Waals surface area contributed by atoms with E-state index in [1.807, 2.05) is 0 Å². The van der Waals surface area contributed by atoms with E-state index in [0.29, 0.717) is 6.04 Å². The van der Waals surface area contributed by atoms with E-state index in [1.54, 1.807) is 0 Å². The van der Waals surface area contributed by atoms with Crippen LogP contribution < -0.4 is 11.1 Å². The molecule has 0 radical (unpaired) electrons. The van der Waals surface area contributed by atoms with Crippen LogP contribution in [0.25, 0.3) is 0 Å². The van der Waals surface area contributed by atoms with Gasteiger partial charge in [-0.1, -0.05) is 6.92 Å². The monoisotopic (exact) mass is 297 g/mol. The van der Waals surface area contributed by atoms with Crippen LogP contribution in [-0.2, 0) is 9.53 Å². The quantitative estimate of drug-likeness (QED) is 0.802. The second-order valence-electron chi connectivity index (χ2n) is 6.83. The molecule has 21 heavy (non-hydrogen) atoms. The number of nitrogens with two attached hydrogens (primary N) is 1. The van der Waals surface area contributed by atoms with Crippen molar-refractivity contribution < 1.29 is 9.53 Å². The molecular formula is C16H31N3O2. The van der Waals surface area contributed by atoms with Crippen molar-refractivity contribution in [2.75, 3.05) is 19.6 Å². The average Bonchev–Trinajstić information content (AvgIpc) is 2.44. The van der Waals surface area contributed by atoms with Gasteiger partial charge in [0.05, 0.1) is 17.7 Å². The summed E-state index contributed by atoms with van der Waals surface area (Å²) < 4.78 is 5.82. The Bertz CT molecular complexity index is 353. The second kappa shape index (κ2) is 7.07. The molecule has 4 atom stereocenters. The van der Waals surface area contributed by atoms with Gasteiger partial charge in [0.2, 0.25) is 5.91 Å². The van der Waals surface area contributed by atoms with Crippen molar-refractivity contribution in [1.29, 1.82) is 0 Å². The number of nitrogens with one attached hydrogen (secondary N) is 1. The zero-order chi connectivity index (χ0) is 15.5. The Labute approximate surface area is 128 Å². The molecule has 0 aromatic rings. The number of ether oxygens (including phenoxy) is 1. The van der Waals surface area contributed by atoms with Gasteiger partial charge >= 0.3 is 0 Å². The molecule has 5 nitrogen and oxygen atoms in total. The summed E-state index contributed by atoms with van der Waals surface area (Å²) in [6, 6.07) is 0.435. The molecule has 4 unspecified atom stereocenters. The first-order chi connectivity index (χ1) is 9.97. The lowest BCUT2D eigenvalue weighted by Crippen LogP contribution is -2.62. The molecule has 0 spiro atoms. The number of hydrogen-bond acceptors (Lipinski definition) is 4. The number of primary amides is 1. The second-order valence-corrected chi connectivity index (χ2v) is 6.83. The Hall–Kier alpha value is -0.650. The van der Waals surface area contributed by atoms with E-state index in [-0.39, 0.29) is 18.1 Å². The number of hydrogen-bond donors (Lipinski definition) is 2. The minimum absolute atomic E-state index is 0.185. The smallest absolute Gasteiger partial charge is 0.237 e. The van der Waals surface area contributed by atoms with Crippen molar-refractivity contribution in [2.45, 2.75) is 76.7 Å². The summed E-state index contributed by atoms with van der Waals surface area (Å²) in [6.07, 6.45) is 5.47. The molecule has 1 aliphatic heterocycles. The van der Waals surface area contributed by atoms with E-state index in [1.165, 1.54) is 0 Å². The van der Waals surface area contributed by atoms with Gasteiger partial charge in [0.15, 0.2) is 0 Å². The third-order valence-electron chi connectivity index (χ3n) is 4.87. The van der Waals surface area contributed by atoms with Crippen LogP contribution in [0.15, 0.2) is 0 Å². The summed E-state index contributed by atoms with van der Waals surface area (Å²) in [6.45, 7) is 9.14. The number of carbonyl (C=O) groups is 1. The van der Waals surface area contributed by atoms with E-state index in [4.69, 9.17) is 10.5 Å². The number of morpholine rings is 1. The molecule has 2 rings (SSSR count). The highest BCUT2D eigenvalue weighted by molar-refractivity contribution is 5.84. The Morgan fingerprint density at radius 1 is 1.38 bits per heavy atom. The Balaban J connectivity index is 2.05. The predicted molar refractivity (Wildman–Crippen MR) is 84.1 cm³/mol. The van der Waals surface area contributed by atoms with Crippen LogP contribution in [0.2, 0.25) is 0 Å². The summed E-state index contributed by atoms with van der Waals surface area (Å²) in [5, 5.41) is 3.44. The van der Waals surface area contributed by atoms with Gasteiger partial charge in [0, 0.05) is 19.1 Å². The van der Waals surface area contributed by atoms with Crippen LogP contribution in [0.1, 0.15) is 52.9 Å². The van der Waals surface area contributed by atoms with Crippen LogP contribution in [0.4, 0.5) is 0 Å². The average molecular weight is 297 g/mol. The maximum Gasteiger partial charge on any atom is 0.237 e. The summed E-state index contributed by atoms with van der Waals surface area (Å²) in [5.74, 6) is -0.185.